The average Bonchev–Trinajstić information content (AvgIpc) is 2.80. The number of amides is 1. The van der Waals surface area contributed by atoms with E-state index in [0.717, 1.165) is 17.3 Å². The van der Waals surface area contributed by atoms with Crippen molar-refractivity contribution in [2.75, 3.05) is 5.75 Å². The molecule has 0 radical (unpaired) electrons. The van der Waals surface area contributed by atoms with Crippen molar-refractivity contribution in [1.29, 1.82) is 0 Å². The molecule has 2 N–H and O–H groups in total. The number of carbonyl (C=O) groups is 1. The van der Waals surface area contributed by atoms with Gasteiger partial charge < -0.3 is 5.11 Å². The van der Waals surface area contributed by atoms with Crippen LogP contribution in [0.15, 0.2) is 93.9 Å². The average molecular weight is 430 g/mol. The second-order valence-electron chi connectivity index (χ2n) is 6.56. The smallest absolute Gasteiger partial charge is 0.266 e. The van der Waals surface area contributed by atoms with Crippen molar-refractivity contribution >= 4 is 34.8 Å². The van der Waals surface area contributed by atoms with Gasteiger partial charge in [-0.05, 0) is 54.1 Å². The number of fused-ring (bicyclic) bond motifs is 1. The topological polar surface area (TPSA) is 96.6 Å². The molecule has 0 spiro atoms. The zero-order valence-electron chi connectivity index (χ0n) is 16.3. The summed E-state index contributed by atoms with van der Waals surface area (Å²) in [6.07, 6.45) is 1.48. The Kier molecular flexibility index (Phi) is 6.09. The minimum absolute atomic E-state index is 0.0323. The number of nitrogens with zero attached hydrogens (tertiary/aromatic N) is 3. The van der Waals surface area contributed by atoms with E-state index in [2.05, 4.69) is 15.5 Å². The summed E-state index contributed by atoms with van der Waals surface area (Å²) < 4.78 is 1.51. The van der Waals surface area contributed by atoms with E-state index in [9.17, 15) is 14.7 Å². The Morgan fingerprint density at radius 3 is 2.52 bits per heavy atom. The van der Waals surface area contributed by atoms with Crippen molar-refractivity contribution in [3.63, 3.8) is 0 Å². The zero-order valence-corrected chi connectivity index (χ0v) is 17.1. The van der Waals surface area contributed by atoms with Crippen LogP contribution in [-0.2, 0) is 4.79 Å². The Labute approximate surface area is 182 Å². The quantitative estimate of drug-likeness (QED) is 0.212. The third-order valence-electron chi connectivity index (χ3n) is 4.39. The summed E-state index contributed by atoms with van der Waals surface area (Å²) in [5.41, 5.74) is 4.26. The van der Waals surface area contributed by atoms with Gasteiger partial charge in [-0.15, -0.1) is 0 Å². The first kappa shape index (κ1) is 20.4. The number of rotatable bonds is 6. The lowest BCUT2D eigenvalue weighted by molar-refractivity contribution is -0.118. The number of nitrogens with one attached hydrogen (secondary N) is 1. The summed E-state index contributed by atoms with van der Waals surface area (Å²) in [5.74, 6) is -0.142. The van der Waals surface area contributed by atoms with Gasteiger partial charge in [-0.2, -0.15) is 5.10 Å². The van der Waals surface area contributed by atoms with Gasteiger partial charge in [0.15, 0.2) is 5.16 Å². The highest BCUT2D eigenvalue weighted by molar-refractivity contribution is 7.99. The Hall–Kier alpha value is -3.91. The van der Waals surface area contributed by atoms with Gasteiger partial charge >= 0.3 is 0 Å². The Balaban J connectivity index is 1.54. The number of hydrogen-bond acceptors (Lipinski definition) is 6. The van der Waals surface area contributed by atoms with Gasteiger partial charge in [0.2, 0.25) is 0 Å². The van der Waals surface area contributed by atoms with Gasteiger partial charge in [0.05, 0.1) is 28.6 Å². The summed E-state index contributed by atoms with van der Waals surface area (Å²) in [6.45, 7) is 0. The van der Waals surface area contributed by atoms with E-state index >= 15 is 0 Å². The lowest BCUT2D eigenvalue weighted by Crippen LogP contribution is -2.24. The predicted molar refractivity (Wildman–Crippen MR) is 122 cm³/mol. The first-order valence-corrected chi connectivity index (χ1v) is 10.4. The Bertz CT molecular complexity index is 1300. The van der Waals surface area contributed by atoms with E-state index in [4.69, 9.17) is 0 Å². The number of hydrogen-bond donors (Lipinski definition) is 2. The van der Waals surface area contributed by atoms with Crippen LogP contribution in [0, 0.1) is 0 Å². The second-order valence-corrected chi connectivity index (χ2v) is 7.50. The van der Waals surface area contributed by atoms with Gasteiger partial charge in [0.1, 0.15) is 5.75 Å². The normalized spacial score (nSPS) is 11.1. The van der Waals surface area contributed by atoms with Crippen molar-refractivity contribution in [3.8, 4) is 11.4 Å². The monoisotopic (exact) mass is 430 g/mol. The zero-order chi connectivity index (χ0) is 21.6. The number of aromatic nitrogens is 2. The number of phenolic OH excluding ortho intramolecular Hbond substituents is 1. The number of hydrazone groups is 1. The lowest BCUT2D eigenvalue weighted by Gasteiger charge is -2.12. The maximum Gasteiger partial charge on any atom is 0.266 e. The largest absolute Gasteiger partial charge is 0.508 e. The van der Waals surface area contributed by atoms with Crippen molar-refractivity contribution in [1.82, 2.24) is 15.0 Å². The van der Waals surface area contributed by atoms with E-state index < -0.39 is 0 Å². The Morgan fingerprint density at radius 1 is 1.03 bits per heavy atom. The molecule has 4 aromatic rings. The third kappa shape index (κ3) is 4.81. The molecular formula is C23H18N4O3S. The number of aromatic hydroxyl groups is 1. The van der Waals surface area contributed by atoms with Gasteiger partial charge in [-0.3, -0.25) is 14.2 Å². The van der Waals surface area contributed by atoms with Crippen LogP contribution in [0.3, 0.4) is 0 Å². The first-order valence-electron chi connectivity index (χ1n) is 9.43. The second kappa shape index (κ2) is 9.27. The fourth-order valence-electron chi connectivity index (χ4n) is 2.92. The van der Waals surface area contributed by atoms with Crippen LogP contribution < -0.4 is 11.0 Å². The number of benzene rings is 3. The SMILES string of the molecule is O=C(CSc1nc2ccccc2c(=O)n1-c1ccccc1)N/N=C\c1ccc(O)cc1. The van der Waals surface area contributed by atoms with E-state index in [1.165, 1.54) is 22.9 Å². The van der Waals surface area contributed by atoms with Gasteiger partial charge in [0, 0.05) is 0 Å². The highest BCUT2D eigenvalue weighted by Crippen LogP contribution is 2.21. The molecule has 1 amide bonds. The molecule has 3 aromatic carbocycles. The lowest BCUT2D eigenvalue weighted by atomic mass is 10.2. The number of carbonyl (C=O) groups excluding carboxylic acids is 1. The van der Waals surface area contributed by atoms with Gasteiger partial charge in [-0.1, -0.05) is 42.1 Å². The molecule has 8 heteroatoms. The van der Waals surface area contributed by atoms with Crippen LogP contribution in [0.4, 0.5) is 0 Å². The molecular weight excluding hydrogens is 412 g/mol. The molecule has 0 atom stereocenters. The maximum atomic E-state index is 13.1. The van der Waals surface area contributed by atoms with Crippen molar-refractivity contribution in [2.24, 2.45) is 5.10 Å². The molecule has 0 saturated heterocycles. The molecule has 0 unspecified atom stereocenters. The molecule has 7 nitrogen and oxygen atoms in total. The van der Waals surface area contributed by atoms with Crippen LogP contribution in [-0.4, -0.2) is 32.5 Å². The minimum atomic E-state index is -0.331. The molecule has 154 valence electrons. The van der Waals surface area contributed by atoms with Crippen LogP contribution in [0.1, 0.15) is 5.56 Å². The molecule has 0 aliphatic carbocycles. The molecule has 0 aliphatic heterocycles. The number of para-hydroxylation sites is 2. The third-order valence-corrected chi connectivity index (χ3v) is 5.33. The minimum Gasteiger partial charge on any atom is -0.508 e. The van der Waals surface area contributed by atoms with Gasteiger partial charge in [0.25, 0.3) is 11.5 Å². The van der Waals surface area contributed by atoms with Crippen molar-refractivity contribution < 1.29 is 9.90 Å². The summed E-state index contributed by atoms with van der Waals surface area (Å²) >= 11 is 1.16. The molecule has 1 aromatic heterocycles. The summed E-state index contributed by atoms with van der Waals surface area (Å²) in [5, 5.41) is 14.2. The predicted octanol–water partition coefficient (Wildman–Crippen LogP) is 3.33. The molecule has 4 rings (SSSR count). The highest BCUT2D eigenvalue weighted by Gasteiger charge is 2.14. The summed E-state index contributed by atoms with van der Waals surface area (Å²) in [4.78, 5) is 30.0. The molecule has 31 heavy (non-hydrogen) atoms. The van der Waals surface area contributed by atoms with Crippen LogP contribution in [0.5, 0.6) is 5.75 Å². The highest BCUT2D eigenvalue weighted by atomic mass is 32.2. The fraction of sp³-hybridized carbons (Fsp3) is 0.0435. The summed E-state index contributed by atoms with van der Waals surface area (Å²) in [6, 6.07) is 22.8. The van der Waals surface area contributed by atoms with Crippen molar-refractivity contribution in [3.05, 3.63) is 94.8 Å². The first-order chi connectivity index (χ1) is 15.1. The van der Waals surface area contributed by atoms with E-state index in [1.807, 2.05) is 36.4 Å². The fourth-order valence-corrected chi connectivity index (χ4v) is 3.72. The van der Waals surface area contributed by atoms with E-state index in [1.54, 1.807) is 30.3 Å². The van der Waals surface area contributed by atoms with E-state index in [0.29, 0.717) is 21.7 Å². The van der Waals surface area contributed by atoms with Gasteiger partial charge in [-0.25, -0.2) is 10.4 Å². The Morgan fingerprint density at radius 2 is 1.74 bits per heavy atom. The van der Waals surface area contributed by atoms with Crippen molar-refractivity contribution in [2.45, 2.75) is 5.16 Å². The number of thioether (sulfide) groups is 1. The molecule has 0 bridgehead atoms. The standard InChI is InChI=1S/C23H18N4O3S/c28-18-12-10-16(11-13-18)14-24-26-21(29)15-31-23-25-20-9-5-4-8-19(20)22(30)27(23)17-6-2-1-3-7-17/h1-14,28H,15H2,(H,26,29)/b24-14-. The summed E-state index contributed by atoms with van der Waals surface area (Å²) in [7, 11) is 0. The van der Waals surface area contributed by atoms with Crippen LogP contribution in [0.25, 0.3) is 16.6 Å². The molecule has 0 saturated carbocycles. The number of phenols is 1. The van der Waals surface area contributed by atoms with E-state index in [-0.39, 0.29) is 23.0 Å². The van der Waals surface area contributed by atoms with Crippen LogP contribution in [0.2, 0.25) is 0 Å². The molecule has 1 heterocycles. The van der Waals surface area contributed by atoms with Crippen LogP contribution >= 0.6 is 11.8 Å². The molecule has 0 fully saturated rings. The maximum absolute atomic E-state index is 13.1. The molecule has 0 aliphatic rings.